The van der Waals surface area contributed by atoms with Crippen LogP contribution in [0.5, 0.6) is 0 Å². The van der Waals surface area contributed by atoms with E-state index in [2.05, 4.69) is 10.2 Å². The molecule has 1 heterocycles. The first-order chi connectivity index (χ1) is 7.42. The maximum absolute atomic E-state index is 3.83. The second kappa shape index (κ2) is 4.42. The van der Waals surface area contributed by atoms with Gasteiger partial charge in [-0.1, -0.05) is 19.3 Å². The van der Waals surface area contributed by atoms with Crippen LogP contribution in [-0.4, -0.2) is 36.1 Å². The van der Waals surface area contributed by atoms with Crippen LogP contribution in [0.1, 0.15) is 51.4 Å². The fourth-order valence-electron chi connectivity index (χ4n) is 3.43. The van der Waals surface area contributed by atoms with Crippen molar-refractivity contribution in [3.05, 3.63) is 0 Å². The van der Waals surface area contributed by atoms with Gasteiger partial charge in [-0.15, -0.1) is 0 Å². The molecule has 0 amide bonds. The zero-order valence-electron chi connectivity index (χ0n) is 9.75. The van der Waals surface area contributed by atoms with E-state index in [4.69, 9.17) is 0 Å². The molecule has 2 aliphatic carbocycles. The van der Waals surface area contributed by atoms with Gasteiger partial charge < -0.3 is 5.32 Å². The molecule has 1 N–H and O–H groups in total. The molecule has 2 heteroatoms. The molecule has 1 saturated heterocycles. The Morgan fingerprint density at radius 3 is 2.27 bits per heavy atom. The minimum absolute atomic E-state index is 0.816. The third-order valence-corrected chi connectivity index (χ3v) is 4.64. The van der Waals surface area contributed by atoms with E-state index < -0.39 is 0 Å². The van der Waals surface area contributed by atoms with Gasteiger partial charge in [-0.05, 0) is 32.1 Å². The lowest BCUT2D eigenvalue weighted by molar-refractivity contribution is 0.231. The van der Waals surface area contributed by atoms with Gasteiger partial charge in [0.05, 0.1) is 0 Å². The third-order valence-electron chi connectivity index (χ3n) is 4.64. The van der Waals surface area contributed by atoms with Gasteiger partial charge in [0, 0.05) is 31.2 Å². The molecule has 15 heavy (non-hydrogen) atoms. The summed E-state index contributed by atoms with van der Waals surface area (Å²) in [7, 11) is 0. The van der Waals surface area contributed by atoms with Crippen LogP contribution in [-0.2, 0) is 0 Å². The highest BCUT2D eigenvalue weighted by Gasteiger charge is 2.31. The molecular formula is C13H24N2. The number of hydrogen-bond acceptors (Lipinski definition) is 2. The quantitative estimate of drug-likeness (QED) is 0.764. The molecule has 2 nitrogen and oxygen atoms in total. The van der Waals surface area contributed by atoms with Gasteiger partial charge in [0.15, 0.2) is 0 Å². The zero-order valence-corrected chi connectivity index (χ0v) is 9.75. The summed E-state index contributed by atoms with van der Waals surface area (Å²) in [5, 5.41) is 3.83. The standard InChI is InChI=1S/C13H24N2/c1-2-7-13(6-1)15-9-8-12(10-15)14-11-4-3-5-11/h11-14H,1-10H2/t12-/m1/s1. The molecule has 0 aromatic heterocycles. The van der Waals surface area contributed by atoms with Crippen LogP contribution < -0.4 is 5.32 Å². The number of likely N-dealkylation sites (tertiary alicyclic amines) is 1. The molecule has 86 valence electrons. The Balaban J connectivity index is 1.45. The Morgan fingerprint density at radius 2 is 1.60 bits per heavy atom. The monoisotopic (exact) mass is 208 g/mol. The topological polar surface area (TPSA) is 15.3 Å². The highest BCUT2D eigenvalue weighted by molar-refractivity contribution is 4.90. The SMILES string of the molecule is C1CC(N[C@@H]2CCN(C3CCCC3)C2)C1. The van der Waals surface area contributed by atoms with Crippen molar-refractivity contribution in [3.63, 3.8) is 0 Å². The highest BCUT2D eigenvalue weighted by Crippen LogP contribution is 2.27. The molecule has 3 fully saturated rings. The molecule has 3 rings (SSSR count). The molecule has 1 aliphatic heterocycles. The number of nitrogens with one attached hydrogen (secondary N) is 1. The summed E-state index contributed by atoms with van der Waals surface area (Å²) in [5.41, 5.74) is 0. The highest BCUT2D eigenvalue weighted by atomic mass is 15.2. The van der Waals surface area contributed by atoms with Crippen molar-refractivity contribution in [2.45, 2.75) is 69.5 Å². The number of nitrogens with zero attached hydrogens (tertiary/aromatic N) is 1. The van der Waals surface area contributed by atoms with Crippen LogP contribution in [0.3, 0.4) is 0 Å². The van der Waals surface area contributed by atoms with E-state index >= 15 is 0 Å². The maximum atomic E-state index is 3.83. The fourth-order valence-corrected chi connectivity index (χ4v) is 3.43. The van der Waals surface area contributed by atoms with Crippen molar-refractivity contribution in [1.29, 1.82) is 0 Å². The first kappa shape index (κ1) is 10.1. The van der Waals surface area contributed by atoms with E-state index in [1.54, 1.807) is 0 Å². The summed E-state index contributed by atoms with van der Waals surface area (Å²) in [6, 6.07) is 2.63. The van der Waals surface area contributed by atoms with Gasteiger partial charge in [0.1, 0.15) is 0 Å². The summed E-state index contributed by atoms with van der Waals surface area (Å²) in [4.78, 5) is 2.75. The largest absolute Gasteiger partial charge is 0.310 e. The summed E-state index contributed by atoms with van der Waals surface area (Å²) in [5.74, 6) is 0. The summed E-state index contributed by atoms with van der Waals surface area (Å²) < 4.78 is 0. The van der Waals surface area contributed by atoms with Crippen LogP contribution in [0.15, 0.2) is 0 Å². The van der Waals surface area contributed by atoms with Crippen LogP contribution >= 0.6 is 0 Å². The Kier molecular flexibility index (Phi) is 2.98. The molecule has 0 aromatic carbocycles. The normalized spacial score (nSPS) is 34.8. The first-order valence-corrected chi connectivity index (χ1v) is 6.92. The summed E-state index contributed by atoms with van der Waals surface area (Å²) >= 11 is 0. The maximum Gasteiger partial charge on any atom is 0.0209 e. The van der Waals surface area contributed by atoms with Gasteiger partial charge in [0.25, 0.3) is 0 Å². The van der Waals surface area contributed by atoms with E-state index in [9.17, 15) is 0 Å². The van der Waals surface area contributed by atoms with Crippen LogP contribution in [0.25, 0.3) is 0 Å². The fraction of sp³-hybridized carbons (Fsp3) is 1.00. The predicted molar refractivity (Wildman–Crippen MR) is 63.0 cm³/mol. The van der Waals surface area contributed by atoms with Crippen molar-refractivity contribution in [1.82, 2.24) is 10.2 Å². The molecule has 1 atom stereocenters. The molecule has 0 aromatic rings. The van der Waals surface area contributed by atoms with E-state index in [1.807, 2.05) is 0 Å². The van der Waals surface area contributed by atoms with E-state index in [0.717, 1.165) is 18.1 Å². The lowest BCUT2D eigenvalue weighted by Gasteiger charge is -2.30. The van der Waals surface area contributed by atoms with Crippen molar-refractivity contribution < 1.29 is 0 Å². The average molecular weight is 208 g/mol. The zero-order chi connectivity index (χ0) is 10.1. The first-order valence-electron chi connectivity index (χ1n) is 6.92. The average Bonchev–Trinajstić information content (AvgIpc) is 2.82. The summed E-state index contributed by atoms with van der Waals surface area (Å²) in [6.45, 7) is 2.69. The van der Waals surface area contributed by atoms with Gasteiger partial charge >= 0.3 is 0 Å². The Hall–Kier alpha value is -0.0800. The molecule has 0 radical (unpaired) electrons. The van der Waals surface area contributed by atoms with Gasteiger partial charge in [-0.2, -0.15) is 0 Å². The van der Waals surface area contributed by atoms with Crippen molar-refractivity contribution >= 4 is 0 Å². The van der Waals surface area contributed by atoms with E-state index in [1.165, 1.54) is 64.5 Å². The molecule has 0 bridgehead atoms. The Morgan fingerprint density at radius 1 is 0.800 bits per heavy atom. The van der Waals surface area contributed by atoms with Gasteiger partial charge in [-0.25, -0.2) is 0 Å². The Labute approximate surface area is 93.4 Å². The Bertz CT molecular complexity index is 207. The van der Waals surface area contributed by atoms with Crippen LogP contribution in [0, 0.1) is 0 Å². The third kappa shape index (κ3) is 2.21. The van der Waals surface area contributed by atoms with Crippen molar-refractivity contribution in [2.24, 2.45) is 0 Å². The minimum atomic E-state index is 0.816. The second-order valence-corrected chi connectivity index (χ2v) is 5.71. The molecule has 0 spiro atoms. The molecule has 0 unspecified atom stereocenters. The lowest BCUT2D eigenvalue weighted by atomic mass is 9.92. The summed E-state index contributed by atoms with van der Waals surface area (Å²) in [6.07, 6.45) is 11.6. The molecule has 2 saturated carbocycles. The van der Waals surface area contributed by atoms with Crippen molar-refractivity contribution in [3.8, 4) is 0 Å². The van der Waals surface area contributed by atoms with Crippen molar-refractivity contribution in [2.75, 3.05) is 13.1 Å². The minimum Gasteiger partial charge on any atom is -0.310 e. The van der Waals surface area contributed by atoms with Gasteiger partial charge in [0.2, 0.25) is 0 Å². The second-order valence-electron chi connectivity index (χ2n) is 5.71. The lowest BCUT2D eigenvalue weighted by Crippen LogP contribution is -2.44. The van der Waals surface area contributed by atoms with Gasteiger partial charge in [-0.3, -0.25) is 4.90 Å². The molecular weight excluding hydrogens is 184 g/mol. The van der Waals surface area contributed by atoms with E-state index in [-0.39, 0.29) is 0 Å². The van der Waals surface area contributed by atoms with E-state index in [0.29, 0.717) is 0 Å². The van der Waals surface area contributed by atoms with Crippen LogP contribution in [0.2, 0.25) is 0 Å². The van der Waals surface area contributed by atoms with Crippen LogP contribution in [0.4, 0.5) is 0 Å². The predicted octanol–water partition coefficient (Wildman–Crippen LogP) is 2.15. The number of rotatable bonds is 3. The molecule has 3 aliphatic rings. The number of hydrogen-bond donors (Lipinski definition) is 1. The smallest absolute Gasteiger partial charge is 0.0209 e.